The number of Topliss-reactive ketones (excluding diaryl/α,β-unsaturated/α-hetero) is 1. The molecule has 0 aliphatic heterocycles. The summed E-state index contributed by atoms with van der Waals surface area (Å²) < 4.78 is 24.6. The van der Waals surface area contributed by atoms with Crippen LogP contribution in [0.4, 0.5) is 4.39 Å². The molecule has 0 bridgehead atoms. The van der Waals surface area contributed by atoms with Gasteiger partial charge in [-0.1, -0.05) is 71.0 Å². The van der Waals surface area contributed by atoms with E-state index in [1.807, 2.05) is 30.3 Å². The average Bonchev–Trinajstić information content (AvgIpc) is 2.73. The van der Waals surface area contributed by atoms with Gasteiger partial charge in [-0.2, -0.15) is 0 Å². The summed E-state index contributed by atoms with van der Waals surface area (Å²) >= 11 is 0. The molecule has 0 spiro atoms. The number of rotatable bonds is 12. The van der Waals surface area contributed by atoms with Crippen LogP contribution < -0.4 is 0 Å². The lowest BCUT2D eigenvalue weighted by Gasteiger charge is -2.13. The quantitative estimate of drug-likeness (QED) is 0.199. The van der Waals surface area contributed by atoms with Gasteiger partial charge in [0.15, 0.2) is 5.78 Å². The van der Waals surface area contributed by atoms with Gasteiger partial charge in [0.2, 0.25) is 0 Å². The maximum atomic E-state index is 14.5. The maximum Gasteiger partial charge on any atom is 0.313 e. The lowest BCUT2D eigenvalue weighted by molar-refractivity contribution is -0.145. The van der Waals surface area contributed by atoms with Crippen LogP contribution in [0.1, 0.15) is 24.8 Å². The van der Waals surface area contributed by atoms with Crippen molar-refractivity contribution in [2.45, 2.75) is 19.3 Å². The van der Waals surface area contributed by atoms with Crippen molar-refractivity contribution < 1.29 is 23.5 Å². The van der Waals surface area contributed by atoms with Crippen molar-refractivity contribution in [3.63, 3.8) is 0 Å². The van der Waals surface area contributed by atoms with Gasteiger partial charge in [-0.15, -0.1) is 0 Å². The molecule has 0 heterocycles. The number of hydrogen-bond donors (Lipinski definition) is 0. The van der Waals surface area contributed by atoms with Gasteiger partial charge in [0.05, 0.1) is 6.61 Å². The standard InChI is InChI=1S/C22H25FO4S2/c1-16(21(24)15-22(25)27-11-13-29-28-12-10-26-2)18-8-9-19(20(23)14-18)17-6-4-3-5-7-17/h3-9,14,16H,10-13,15H2,1-2H3. The van der Waals surface area contributed by atoms with Crippen molar-refractivity contribution in [2.75, 3.05) is 31.8 Å². The zero-order chi connectivity index (χ0) is 21.1. The van der Waals surface area contributed by atoms with Crippen molar-refractivity contribution in [3.05, 3.63) is 59.9 Å². The Kier molecular flexibility index (Phi) is 10.2. The summed E-state index contributed by atoms with van der Waals surface area (Å²) in [7, 11) is 4.89. The number of esters is 1. The van der Waals surface area contributed by atoms with Crippen LogP contribution in [-0.4, -0.2) is 43.6 Å². The molecule has 0 radical (unpaired) electrons. The second-order valence-corrected chi connectivity index (χ2v) is 9.03. The van der Waals surface area contributed by atoms with Crippen LogP contribution in [0, 0.1) is 5.82 Å². The third-order valence-corrected chi connectivity index (χ3v) is 6.60. The monoisotopic (exact) mass is 436 g/mol. The number of halogens is 1. The molecular weight excluding hydrogens is 411 g/mol. The Bertz CT molecular complexity index is 799. The Labute approximate surface area is 178 Å². The van der Waals surface area contributed by atoms with E-state index in [1.165, 1.54) is 6.07 Å². The highest BCUT2D eigenvalue weighted by Gasteiger charge is 2.20. The minimum absolute atomic E-state index is 0.255. The topological polar surface area (TPSA) is 52.6 Å². The fraction of sp³-hybridized carbons (Fsp3) is 0.364. The van der Waals surface area contributed by atoms with Crippen LogP contribution in [0.3, 0.4) is 0 Å². The highest BCUT2D eigenvalue weighted by molar-refractivity contribution is 8.76. The summed E-state index contributed by atoms with van der Waals surface area (Å²) in [4.78, 5) is 24.3. The Morgan fingerprint density at radius 1 is 1.03 bits per heavy atom. The summed E-state index contributed by atoms with van der Waals surface area (Å²) in [6, 6.07) is 14.0. The summed E-state index contributed by atoms with van der Waals surface area (Å²) in [6.07, 6.45) is -0.315. The van der Waals surface area contributed by atoms with Gasteiger partial charge in [0.1, 0.15) is 18.8 Å². The van der Waals surface area contributed by atoms with Crippen LogP contribution in [0.2, 0.25) is 0 Å². The van der Waals surface area contributed by atoms with Crippen molar-refractivity contribution in [2.24, 2.45) is 0 Å². The molecule has 2 rings (SSSR count). The molecular formula is C22H25FO4S2. The normalized spacial score (nSPS) is 11.8. The van der Waals surface area contributed by atoms with Crippen molar-refractivity contribution >= 4 is 33.3 Å². The lowest BCUT2D eigenvalue weighted by atomic mass is 9.93. The SMILES string of the molecule is COCCSSCCOC(=O)CC(=O)C(C)c1ccc(-c2ccccc2)c(F)c1. The Hall–Kier alpha value is -1.83. The highest BCUT2D eigenvalue weighted by atomic mass is 33.1. The molecule has 2 aromatic rings. The lowest BCUT2D eigenvalue weighted by Crippen LogP contribution is -2.17. The summed E-state index contributed by atoms with van der Waals surface area (Å²) in [5.74, 6) is -0.296. The fourth-order valence-corrected chi connectivity index (χ4v) is 4.35. The summed E-state index contributed by atoms with van der Waals surface area (Å²) in [5.41, 5.74) is 1.80. The summed E-state index contributed by atoms with van der Waals surface area (Å²) in [5, 5.41) is 0. The molecule has 1 unspecified atom stereocenters. The van der Waals surface area contributed by atoms with E-state index in [9.17, 15) is 14.0 Å². The Balaban J connectivity index is 1.82. The van der Waals surface area contributed by atoms with E-state index in [0.717, 1.165) is 11.3 Å². The molecule has 0 aliphatic carbocycles. The Morgan fingerprint density at radius 2 is 1.72 bits per heavy atom. The summed E-state index contributed by atoms with van der Waals surface area (Å²) in [6.45, 7) is 2.61. The molecule has 29 heavy (non-hydrogen) atoms. The van der Waals surface area contributed by atoms with Crippen LogP contribution >= 0.6 is 21.6 Å². The first-order valence-electron chi connectivity index (χ1n) is 9.29. The molecule has 0 saturated carbocycles. The second kappa shape index (κ2) is 12.7. The van der Waals surface area contributed by atoms with Gasteiger partial charge in [-0.3, -0.25) is 9.59 Å². The maximum absolute atomic E-state index is 14.5. The molecule has 0 aromatic heterocycles. The molecule has 1 atom stereocenters. The van der Waals surface area contributed by atoms with E-state index in [4.69, 9.17) is 9.47 Å². The molecule has 0 fully saturated rings. The van der Waals surface area contributed by atoms with Gasteiger partial charge >= 0.3 is 5.97 Å². The van der Waals surface area contributed by atoms with Gasteiger partial charge < -0.3 is 9.47 Å². The highest BCUT2D eigenvalue weighted by Crippen LogP contribution is 2.27. The van der Waals surface area contributed by atoms with E-state index in [0.29, 0.717) is 23.5 Å². The predicted octanol–water partition coefficient (Wildman–Crippen LogP) is 5.13. The first kappa shape index (κ1) is 23.4. The second-order valence-electron chi connectivity index (χ2n) is 6.33. The van der Waals surface area contributed by atoms with Crippen LogP contribution in [-0.2, 0) is 19.1 Å². The van der Waals surface area contributed by atoms with E-state index in [2.05, 4.69) is 0 Å². The molecule has 0 N–H and O–H groups in total. The molecule has 0 amide bonds. The van der Waals surface area contributed by atoms with Crippen LogP contribution in [0.15, 0.2) is 48.5 Å². The fourth-order valence-electron chi connectivity index (χ4n) is 2.61. The third-order valence-electron chi connectivity index (χ3n) is 4.26. The number of hydrogen-bond acceptors (Lipinski definition) is 6. The van der Waals surface area contributed by atoms with Gasteiger partial charge in [0.25, 0.3) is 0 Å². The van der Waals surface area contributed by atoms with E-state index in [1.54, 1.807) is 47.8 Å². The van der Waals surface area contributed by atoms with E-state index in [-0.39, 0.29) is 24.6 Å². The Morgan fingerprint density at radius 3 is 2.38 bits per heavy atom. The minimum Gasteiger partial charge on any atom is -0.464 e. The average molecular weight is 437 g/mol. The number of ketones is 1. The zero-order valence-electron chi connectivity index (χ0n) is 16.6. The predicted molar refractivity (Wildman–Crippen MR) is 118 cm³/mol. The largest absolute Gasteiger partial charge is 0.464 e. The van der Waals surface area contributed by atoms with Crippen molar-refractivity contribution in [1.29, 1.82) is 0 Å². The molecule has 4 nitrogen and oxygen atoms in total. The van der Waals surface area contributed by atoms with E-state index >= 15 is 0 Å². The van der Waals surface area contributed by atoms with Gasteiger partial charge in [0, 0.05) is 30.1 Å². The van der Waals surface area contributed by atoms with Gasteiger partial charge in [-0.05, 0) is 17.2 Å². The van der Waals surface area contributed by atoms with Gasteiger partial charge in [-0.25, -0.2) is 4.39 Å². The number of carbonyl (C=O) groups is 2. The number of benzene rings is 2. The molecule has 2 aromatic carbocycles. The van der Waals surface area contributed by atoms with E-state index < -0.39 is 11.9 Å². The number of ether oxygens (including phenoxy) is 2. The first-order chi connectivity index (χ1) is 14.0. The molecule has 156 valence electrons. The molecule has 0 aliphatic rings. The number of methoxy groups -OCH3 is 1. The van der Waals surface area contributed by atoms with Crippen molar-refractivity contribution in [1.82, 2.24) is 0 Å². The molecule has 0 saturated heterocycles. The smallest absolute Gasteiger partial charge is 0.313 e. The van der Waals surface area contributed by atoms with Crippen LogP contribution in [0.5, 0.6) is 0 Å². The third kappa shape index (κ3) is 7.84. The zero-order valence-corrected chi connectivity index (χ0v) is 18.2. The minimum atomic E-state index is -0.583. The first-order valence-corrected chi connectivity index (χ1v) is 11.8. The van der Waals surface area contributed by atoms with Crippen LogP contribution in [0.25, 0.3) is 11.1 Å². The number of carbonyl (C=O) groups excluding carboxylic acids is 2. The van der Waals surface area contributed by atoms with Crippen molar-refractivity contribution in [3.8, 4) is 11.1 Å². The molecule has 7 heteroatoms.